The highest BCUT2D eigenvalue weighted by molar-refractivity contribution is 5.91. The topological polar surface area (TPSA) is 69.9 Å². The second-order valence-corrected chi connectivity index (χ2v) is 6.49. The molecule has 1 aliphatic heterocycles. The molecule has 2 N–H and O–H groups in total. The molecule has 6 heteroatoms. The van der Waals surface area contributed by atoms with E-state index in [0.717, 1.165) is 25.6 Å². The molecule has 1 aromatic rings. The molecule has 6 nitrogen and oxygen atoms in total. The average Bonchev–Trinajstić information content (AvgIpc) is 3.18. The second kappa shape index (κ2) is 7.06. The number of hydrogen-bond donors (Lipinski definition) is 2. The minimum atomic E-state index is -0.190. The molecule has 0 bridgehead atoms. The molecule has 0 atom stereocenters. The van der Waals surface area contributed by atoms with Gasteiger partial charge in [-0.15, -0.1) is 0 Å². The van der Waals surface area contributed by atoms with Gasteiger partial charge in [0.25, 0.3) is 5.91 Å². The van der Waals surface area contributed by atoms with Gasteiger partial charge in [0, 0.05) is 26.2 Å². The Hall–Kier alpha value is -1.98. The molecule has 3 rings (SSSR count). The van der Waals surface area contributed by atoms with Gasteiger partial charge in [-0.05, 0) is 43.7 Å². The summed E-state index contributed by atoms with van der Waals surface area (Å²) < 4.78 is 5.07. The van der Waals surface area contributed by atoms with Crippen LogP contribution >= 0.6 is 0 Å². The van der Waals surface area contributed by atoms with Gasteiger partial charge in [-0.3, -0.25) is 9.79 Å². The van der Waals surface area contributed by atoms with Gasteiger partial charge >= 0.3 is 0 Å². The molecule has 1 saturated carbocycles. The monoisotopic (exact) mass is 318 g/mol. The number of rotatable bonds is 5. The van der Waals surface area contributed by atoms with Gasteiger partial charge in [0.2, 0.25) is 0 Å². The van der Waals surface area contributed by atoms with Gasteiger partial charge in [-0.25, -0.2) is 0 Å². The number of likely N-dealkylation sites (tertiary alicyclic amines) is 1. The van der Waals surface area contributed by atoms with E-state index in [1.165, 1.54) is 31.9 Å². The van der Waals surface area contributed by atoms with Crippen molar-refractivity contribution in [2.24, 2.45) is 10.4 Å². The van der Waals surface area contributed by atoms with Crippen molar-refractivity contribution in [1.29, 1.82) is 0 Å². The summed E-state index contributed by atoms with van der Waals surface area (Å²) in [5, 5.41) is 6.20. The first-order valence-corrected chi connectivity index (χ1v) is 8.57. The average molecular weight is 318 g/mol. The first-order chi connectivity index (χ1) is 11.2. The number of guanidine groups is 1. The van der Waals surface area contributed by atoms with Gasteiger partial charge in [0.15, 0.2) is 11.7 Å². The van der Waals surface area contributed by atoms with E-state index in [9.17, 15) is 4.79 Å². The minimum absolute atomic E-state index is 0.190. The number of amides is 1. The van der Waals surface area contributed by atoms with Crippen molar-refractivity contribution in [3.05, 3.63) is 24.2 Å². The maximum Gasteiger partial charge on any atom is 0.287 e. The zero-order chi connectivity index (χ0) is 16.1. The molecular formula is C17H26N4O2. The van der Waals surface area contributed by atoms with Crippen LogP contribution in [0.15, 0.2) is 27.8 Å². The number of carbonyl (C=O) groups is 1. The molecule has 1 aliphatic carbocycles. The molecule has 1 aromatic heterocycles. The Morgan fingerprint density at radius 1 is 1.39 bits per heavy atom. The van der Waals surface area contributed by atoms with Crippen molar-refractivity contribution in [2.75, 3.05) is 32.7 Å². The van der Waals surface area contributed by atoms with Crippen LogP contribution < -0.4 is 10.6 Å². The Kier molecular flexibility index (Phi) is 4.88. The summed E-state index contributed by atoms with van der Waals surface area (Å²) in [6.07, 6.45) is 6.89. The maximum absolute atomic E-state index is 11.8. The lowest BCUT2D eigenvalue weighted by Crippen LogP contribution is -2.43. The summed E-state index contributed by atoms with van der Waals surface area (Å²) in [5.41, 5.74) is 0.559. The molecule has 2 heterocycles. The summed E-state index contributed by atoms with van der Waals surface area (Å²) >= 11 is 0. The van der Waals surface area contributed by atoms with Crippen molar-refractivity contribution in [3.63, 3.8) is 0 Å². The van der Waals surface area contributed by atoms with Crippen LogP contribution in [0.5, 0.6) is 0 Å². The third kappa shape index (κ3) is 3.68. The van der Waals surface area contributed by atoms with E-state index in [1.54, 1.807) is 12.1 Å². The smallest absolute Gasteiger partial charge is 0.287 e. The Morgan fingerprint density at radius 3 is 2.87 bits per heavy atom. The largest absolute Gasteiger partial charge is 0.459 e. The maximum atomic E-state index is 11.8. The molecule has 0 radical (unpaired) electrons. The lowest BCUT2D eigenvalue weighted by Gasteiger charge is -2.38. The zero-order valence-corrected chi connectivity index (χ0v) is 13.8. The molecule has 23 heavy (non-hydrogen) atoms. The van der Waals surface area contributed by atoms with Crippen molar-refractivity contribution < 1.29 is 9.21 Å². The van der Waals surface area contributed by atoms with Crippen LogP contribution in [-0.4, -0.2) is 49.5 Å². The third-order valence-electron chi connectivity index (χ3n) is 4.89. The predicted molar refractivity (Wildman–Crippen MR) is 89.5 cm³/mol. The van der Waals surface area contributed by atoms with E-state index in [2.05, 4.69) is 27.4 Å². The van der Waals surface area contributed by atoms with Crippen LogP contribution in [0.4, 0.5) is 0 Å². The molecule has 0 unspecified atom stereocenters. The number of nitrogens with one attached hydrogen (secondary N) is 2. The quantitative estimate of drug-likeness (QED) is 0.494. The fraction of sp³-hybridized carbons (Fsp3) is 0.647. The lowest BCUT2D eigenvalue weighted by atomic mass is 9.68. The number of carbonyl (C=O) groups excluding carboxylic acids is 1. The van der Waals surface area contributed by atoms with Crippen LogP contribution in [-0.2, 0) is 0 Å². The van der Waals surface area contributed by atoms with Crippen molar-refractivity contribution in [3.8, 4) is 0 Å². The normalized spacial score (nSPS) is 19.7. The standard InChI is InChI=1S/C17H26N4O2/c1-2-18-16(21-11-8-17(13-21)6-4-7-17)20-10-9-19-15(22)14-5-3-12-23-14/h3,5,12H,2,4,6-11,13H2,1H3,(H,18,20)(H,19,22). The minimum Gasteiger partial charge on any atom is -0.459 e. The van der Waals surface area contributed by atoms with Gasteiger partial charge in [0.05, 0.1) is 12.8 Å². The highest BCUT2D eigenvalue weighted by Crippen LogP contribution is 2.47. The highest BCUT2D eigenvalue weighted by atomic mass is 16.3. The predicted octanol–water partition coefficient (Wildman–Crippen LogP) is 1.85. The van der Waals surface area contributed by atoms with Crippen LogP contribution in [0.3, 0.4) is 0 Å². The number of nitrogens with zero attached hydrogens (tertiary/aromatic N) is 2. The molecule has 2 fully saturated rings. The van der Waals surface area contributed by atoms with E-state index < -0.39 is 0 Å². The number of furan rings is 1. The van der Waals surface area contributed by atoms with E-state index in [0.29, 0.717) is 24.3 Å². The van der Waals surface area contributed by atoms with Crippen LogP contribution in [0, 0.1) is 5.41 Å². The SMILES string of the molecule is CCNC(=NCCNC(=O)c1ccco1)N1CCC2(CCC2)C1. The van der Waals surface area contributed by atoms with Crippen molar-refractivity contribution >= 4 is 11.9 Å². The van der Waals surface area contributed by atoms with Gasteiger partial charge in [-0.2, -0.15) is 0 Å². The Morgan fingerprint density at radius 2 is 2.26 bits per heavy atom. The number of aliphatic imine (C=N–C) groups is 1. The van der Waals surface area contributed by atoms with E-state index >= 15 is 0 Å². The van der Waals surface area contributed by atoms with E-state index in [-0.39, 0.29) is 5.91 Å². The first kappa shape index (κ1) is 15.9. The zero-order valence-electron chi connectivity index (χ0n) is 13.8. The highest BCUT2D eigenvalue weighted by Gasteiger charge is 2.43. The van der Waals surface area contributed by atoms with Crippen molar-refractivity contribution in [2.45, 2.75) is 32.6 Å². The van der Waals surface area contributed by atoms with Crippen LogP contribution in [0.1, 0.15) is 43.2 Å². The summed E-state index contributed by atoms with van der Waals surface area (Å²) in [6.45, 7) is 6.23. The summed E-state index contributed by atoms with van der Waals surface area (Å²) in [5.74, 6) is 1.13. The van der Waals surface area contributed by atoms with E-state index in [4.69, 9.17) is 4.42 Å². The van der Waals surface area contributed by atoms with Crippen molar-refractivity contribution in [1.82, 2.24) is 15.5 Å². The van der Waals surface area contributed by atoms with Gasteiger partial charge in [-0.1, -0.05) is 6.42 Å². The summed E-state index contributed by atoms with van der Waals surface area (Å²) in [4.78, 5) is 18.8. The van der Waals surface area contributed by atoms with E-state index in [1.807, 2.05) is 0 Å². The Bertz CT molecular complexity index is 549. The fourth-order valence-electron chi connectivity index (χ4n) is 3.45. The number of hydrogen-bond acceptors (Lipinski definition) is 3. The second-order valence-electron chi connectivity index (χ2n) is 6.49. The fourth-order valence-corrected chi connectivity index (χ4v) is 3.45. The summed E-state index contributed by atoms with van der Waals surface area (Å²) in [6, 6.07) is 3.37. The Balaban J connectivity index is 1.48. The van der Waals surface area contributed by atoms with Gasteiger partial charge in [0.1, 0.15) is 0 Å². The molecule has 1 amide bonds. The van der Waals surface area contributed by atoms with Gasteiger partial charge < -0.3 is 20.0 Å². The molecule has 0 aromatic carbocycles. The summed E-state index contributed by atoms with van der Waals surface area (Å²) in [7, 11) is 0. The molecule has 1 saturated heterocycles. The third-order valence-corrected chi connectivity index (χ3v) is 4.89. The molecule has 126 valence electrons. The van der Waals surface area contributed by atoms with Crippen LogP contribution in [0.25, 0.3) is 0 Å². The van der Waals surface area contributed by atoms with Crippen LogP contribution in [0.2, 0.25) is 0 Å². The molecular weight excluding hydrogens is 292 g/mol. The lowest BCUT2D eigenvalue weighted by molar-refractivity contribution is 0.0927. The molecule has 2 aliphatic rings. The Labute approximate surface area is 137 Å². The first-order valence-electron chi connectivity index (χ1n) is 8.57. The molecule has 1 spiro atoms.